The minimum absolute atomic E-state index is 0.189. The van der Waals surface area contributed by atoms with Gasteiger partial charge in [-0.1, -0.05) is 51.9 Å². The van der Waals surface area contributed by atoms with E-state index in [1.54, 1.807) is 0 Å². The molecule has 9 heteroatoms. The minimum Gasteiger partial charge on any atom is -0.211 e. The highest BCUT2D eigenvalue weighted by Crippen LogP contribution is 2.46. The van der Waals surface area contributed by atoms with Gasteiger partial charge in [0.05, 0.1) is 8.95 Å². The smallest absolute Gasteiger partial charge is 0.211 e. The lowest BCUT2D eigenvalue weighted by molar-refractivity contribution is 0.558. The Morgan fingerprint density at radius 2 is 1.08 bits per heavy atom. The summed E-state index contributed by atoms with van der Waals surface area (Å²) in [5.74, 6) is 0. The number of sulfonamides is 1. The first kappa shape index (κ1) is 24.6. The molecule has 0 aliphatic heterocycles. The van der Waals surface area contributed by atoms with E-state index in [4.69, 9.17) is 0 Å². The van der Waals surface area contributed by atoms with Crippen molar-refractivity contribution in [3.05, 3.63) is 22.4 Å². The molecular weight excluding hydrogens is 670 g/mol. The summed E-state index contributed by atoms with van der Waals surface area (Å²) in [7, 11) is -3.61. The Hall–Kier alpha value is 1.53. The SMILES string of the molecule is CCCCCCCCCCNS(=O)(=O)c1c(Br)c(Br)c(Br)c(Br)c1Br. The van der Waals surface area contributed by atoms with Gasteiger partial charge in [-0.3, -0.25) is 0 Å². The zero-order chi connectivity index (χ0) is 19.0. The molecule has 0 amide bonds. The van der Waals surface area contributed by atoms with E-state index in [9.17, 15) is 8.42 Å². The van der Waals surface area contributed by atoms with Crippen LogP contribution in [0.1, 0.15) is 58.3 Å². The molecule has 1 aromatic rings. The van der Waals surface area contributed by atoms with Gasteiger partial charge in [-0.2, -0.15) is 0 Å². The molecule has 1 rings (SSSR count). The van der Waals surface area contributed by atoms with Crippen molar-refractivity contribution in [3.8, 4) is 0 Å². The van der Waals surface area contributed by atoms with Crippen molar-refractivity contribution in [2.75, 3.05) is 6.54 Å². The number of benzene rings is 1. The number of hydrogen-bond donors (Lipinski definition) is 1. The topological polar surface area (TPSA) is 46.2 Å². The molecular formula is C16H22Br5NO2S. The van der Waals surface area contributed by atoms with Crippen molar-refractivity contribution >= 4 is 89.7 Å². The molecule has 0 saturated heterocycles. The highest BCUT2D eigenvalue weighted by Gasteiger charge is 2.26. The summed E-state index contributed by atoms with van der Waals surface area (Å²) in [6.45, 7) is 2.66. The average molecular weight is 692 g/mol. The number of unbranched alkanes of at least 4 members (excludes halogenated alkanes) is 7. The van der Waals surface area contributed by atoms with Gasteiger partial charge in [0.25, 0.3) is 0 Å². The lowest BCUT2D eigenvalue weighted by Crippen LogP contribution is -2.25. The molecule has 0 aliphatic rings. The van der Waals surface area contributed by atoms with Crippen molar-refractivity contribution in [1.82, 2.24) is 4.72 Å². The van der Waals surface area contributed by atoms with E-state index in [0.29, 0.717) is 24.4 Å². The molecule has 3 nitrogen and oxygen atoms in total. The van der Waals surface area contributed by atoms with Gasteiger partial charge in [0.2, 0.25) is 10.0 Å². The maximum Gasteiger partial charge on any atom is 0.242 e. The Morgan fingerprint density at radius 3 is 1.56 bits per heavy atom. The Labute approximate surface area is 193 Å². The molecule has 25 heavy (non-hydrogen) atoms. The molecule has 0 heterocycles. The molecule has 0 aromatic heterocycles. The van der Waals surface area contributed by atoms with Crippen LogP contribution in [0.15, 0.2) is 27.3 Å². The summed E-state index contributed by atoms with van der Waals surface area (Å²) < 4.78 is 31.0. The Kier molecular flexibility index (Phi) is 12.0. The number of rotatable bonds is 11. The van der Waals surface area contributed by atoms with Crippen LogP contribution in [0.2, 0.25) is 0 Å². The third-order valence-corrected chi connectivity index (χ3v) is 11.9. The molecule has 144 valence electrons. The average Bonchev–Trinajstić information content (AvgIpc) is 2.56. The molecule has 1 N–H and O–H groups in total. The first-order valence-corrected chi connectivity index (χ1v) is 13.7. The van der Waals surface area contributed by atoms with Crippen LogP contribution in [-0.4, -0.2) is 15.0 Å². The third-order valence-electron chi connectivity index (χ3n) is 3.76. The fourth-order valence-corrected chi connectivity index (χ4v) is 8.18. The summed E-state index contributed by atoms with van der Waals surface area (Å²) in [4.78, 5) is 0.189. The van der Waals surface area contributed by atoms with Gasteiger partial charge < -0.3 is 0 Å². The van der Waals surface area contributed by atoms with Crippen LogP contribution in [0, 0.1) is 0 Å². The summed E-state index contributed by atoms with van der Waals surface area (Å²) in [5.41, 5.74) is 0. The maximum absolute atomic E-state index is 12.7. The van der Waals surface area contributed by atoms with E-state index < -0.39 is 10.0 Å². The van der Waals surface area contributed by atoms with Crippen LogP contribution in [-0.2, 0) is 10.0 Å². The van der Waals surface area contributed by atoms with Gasteiger partial charge in [0, 0.05) is 20.0 Å². The second-order valence-corrected chi connectivity index (χ2v) is 11.4. The molecule has 0 aliphatic carbocycles. The van der Waals surface area contributed by atoms with E-state index in [-0.39, 0.29) is 4.90 Å². The summed E-state index contributed by atoms with van der Waals surface area (Å²) in [6.07, 6.45) is 9.44. The first-order chi connectivity index (χ1) is 11.7. The summed E-state index contributed by atoms with van der Waals surface area (Å²) in [6, 6.07) is 0. The summed E-state index contributed by atoms with van der Waals surface area (Å²) in [5, 5.41) is 0. The normalized spacial score (nSPS) is 11.9. The maximum atomic E-state index is 12.7. The largest absolute Gasteiger partial charge is 0.242 e. The van der Waals surface area contributed by atoms with Gasteiger partial charge in [-0.05, 0) is 86.1 Å². The molecule has 0 spiro atoms. The highest BCUT2D eigenvalue weighted by atomic mass is 79.9. The second-order valence-electron chi connectivity index (χ2n) is 5.77. The van der Waals surface area contributed by atoms with E-state index >= 15 is 0 Å². The highest BCUT2D eigenvalue weighted by molar-refractivity contribution is 9.15. The van der Waals surface area contributed by atoms with Gasteiger partial charge in [-0.25, -0.2) is 13.1 Å². The molecule has 0 unspecified atom stereocenters. The van der Waals surface area contributed by atoms with Crippen LogP contribution in [0.5, 0.6) is 0 Å². The molecule has 0 atom stereocenters. The van der Waals surface area contributed by atoms with E-state index in [1.807, 2.05) is 0 Å². The standard InChI is InChI=1S/C16H22Br5NO2S/c1-2-3-4-5-6-7-8-9-10-22-25(23,24)16-14(20)12(18)11(17)13(19)15(16)21/h22H,2-10H2,1H3. The number of nitrogens with one attached hydrogen (secondary N) is 1. The Morgan fingerprint density at radius 1 is 0.680 bits per heavy atom. The van der Waals surface area contributed by atoms with Crippen molar-refractivity contribution < 1.29 is 8.42 Å². The van der Waals surface area contributed by atoms with Crippen molar-refractivity contribution in [2.24, 2.45) is 0 Å². The zero-order valence-electron chi connectivity index (χ0n) is 14.0. The lowest BCUT2D eigenvalue weighted by atomic mass is 10.1. The van der Waals surface area contributed by atoms with Crippen LogP contribution < -0.4 is 4.72 Å². The van der Waals surface area contributed by atoms with Crippen LogP contribution in [0.3, 0.4) is 0 Å². The zero-order valence-corrected chi connectivity index (χ0v) is 22.7. The molecule has 0 fully saturated rings. The van der Waals surface area contributed by atoms with Crippen molar-refractivity contribution in [1.29, 1.82) is 0 Å². The number of hydrogen-bond acceptors (Lipinski definition) is 2. The molecule has 0 saturated carbocycles. The Bertz CT molecular complexity index is 651. The van der Waals surface area contributed by atoms with Crippen molar-refractivity contribution in [3.63, 3.8) is 0 Å². The predicted octanol–water partition coefficient (Wildman–Crippen LogP) is 7.92. The minimum atomic E-state index is -3.61. The van der Waals surface area contributed by atoms with Crippen LogP contribution >= 0.6 is 79.6 Å². The monoisotopic (exact) mass is 687 g/mol. The van der Waals surface area contributed by atoms with E-state index in [0.717, 1.165) is 23.7 Å². The van der Waals surface area contributed by atoms with Crippen molar-refractivity contribution in [2.45, 2.75) is 63.2 Å². The van der Waals surface area contributed by atoms with Crippen LogP contribution in [0.4, 0.5) is 0 Å². The fraction of sp³-hybridized carbons (Fsp3) is 0.625. The summed E-state index contributed by atoms with van der Waals surface area (Å²) >= 11 is 17.0. The Balaban J connectivity index is 2.58. The second kappa shape index (κ2) is 12.2. The van der Waals surface area contributed by atoms with E-state index in [2.05, 4.69) is 91.3 Å². The third kappa shape index (κ3) is 7.46. The van der Waals surface area contributed by atoms with Gasteiger partial charge in [0.1, 0.15) is 4.90 Å². The molecule has 1 aromatic carbocycles. The van der Waals surface area contributed by atoms with Crippen LogP contribution in [0.25, 0.3) is 0 Å². The lowest BCUT2D eigenvalue weighted by Gasteiger charge is -2.14. The van der Waals surface area contributed by atoms with Gasteiger partial charge in [-0.15, -0.1) is 0 Å². The number of halogens is 5. The van der Waals surface area contributed by atoms with Gasteiger partial charge in [0.15, 0.2) is 0 Å². The van der Waals surface area contributed by atoms with Gasteiger partial charge >= 0.3 is 0 Å². The fourth-order valence-electron chi connectivity index (χ4n) is 2.36. The molecule has 0 radical (unpaired) electrons. The van der Waals surface area contributed by atoms with E-state index in [1.165, 1.54) is 32.1 Å². The molecule has 0 bridgehead atoms. The quantitative estimate of drug-likeness (QED) is 0.146. The first-order valence-electron chi connectivity index (χ1n) is 8.25. The predicted molar refractivity (Wildman–Crippen MR) is 123 cm³/mol.